The van der Waals surface area contributed by atoms with Crippen LogP contribution in [0.5, 0.6) is 0 Å². The number of rotatable bonds is 6. The molecule has 1 aliphatic rings. The van der Waals surface area contributed by atoms with E-state index in [-0.39, 0.29) is 6.42 Å². The minimum atomic E-state index is -0.762. The lowest BCUT2D eigenvalue weighted by Gasteiger charge is -2.27. The Morgan fingerprint density at radius 1 is 1.19 bits per heavy atom. The number of carbonyl (C=O) groups is 1. The highest BCUT2D eigenvalue weighted by molar-refractivity contribution is 5.70. The third-order valence-electron chi connectivity index (χ3n) is 4.44. The zero-order valence-corrected chi connectivity index (χ0v) is 12.9. The first-order chi connectivity index (χ1) is 10.2. The van der Waals surface area contributed by atoms with Crippen molar-refractivity contribution in [1.82, 2.24) is 0 Å². The Labute approximate surface area is 127 Å². The second-order valence-electron chi connectivity index (χ2n) is 6.14. The molecule has 1 aromatic carbocycles. The summed E-state index contributed by atoms with van der Waals surface area (Å²) in [5.41, 5.74) is 2.27. The Morgan fingerprint density at radius 2 is 1.86 bits per heavy atom. The number of aliphatic carboxylic acids is 1. The van der Waals surface area contributed by atoms with Crippen LogP contribution < -0.4 is 0 Å². The fourth-order valence-corrected chi connectivity index (χ4v) is 3.18. The molecule has 0 radical (unpaired) electrons. The highest BCUT2D eigenvalue weighted by Crippen LogP contribution is 2.36. The minimum Gasteiger partial charge on any atom is -0.481 e. The summed E-state index contributed by atoms with van der Waals surface area (Å²) in [4.78, 5) is 10.7. The fraction of sp³-hybridized carbons (Fsp3) is 0.526. The van der Waals surface area contributed by atoms with Gasteiger partial charge in [0, 0.05) is 0 Å². The average molecular weight is 286 g/mol. The molecule has 0 heterocycles. The molecule has 1 fully saturated rings. The molecule has 2 rings (SSSR count). The Morgan fingerprint density at radius 3 is 2.43 bits per heavy atom. The van der Waals surface area contributed by atoms with Crippen molar-refractivity contribution in [3.63, 3.8) is 0 Å². The van der Waals surface area contributed by atoms with Crippen LogP contribution in [0.1, 0.15) is 62.5 Å². The van der Waals surface area contributed by atoms with Crippen LogP contribution in [-0.4, -0.2) is 11.1 Å². The van der Waals surface area contributed by atoms with Gasteiger partial charge in [-0.2, -0.15) is 0 Å². The van der Waals surface area contributed by atoms with Gasteiger partial charge in [0.2, 0.25) is 0 Å². The minimum absolute atomic E-state index is 0.120. The van der Waals surface area contributed by atoms with E-state index < -0.39 is 5.97 Å². The molecule has 0 spiro atoms. The molecule has 114 valence electrons. The number of carboxylic acids is 1. The van der Waals surface area contributed by atoms with Crippen molar-refractivity contribution >= 4 is 5.97 Å². The summed E-state index contributed by atoms with van der Waals surface area (Å²) in [6, 6.07) is 8.18. The first kappa shape index (κ1) is 15.8. The molecule has 1 N–H and O–H groups in total. The van der Waals surface area contributed by atoms with Crippen LogP contribution in [-0.2, 0) is 11.2 Å². The van der Waals surface area contributed by atoms with Gasteiger partial charge in [0.1, 0.15) is 0 Å². The van der Waals surface area contributed by atoms with Gasteiger partial charge in [-0.1, -0.05) is 49.8 Å². The smallest absolute Gasteiger partial charge is 0.307 e. The molecule has 2 nitrogen and oxygen atoms in total. The summed E-state index contributed by atoms with van der Waals surface area (Å²) in [7, 11) is 0. The molecule has 2 heteroatoms. The molecule has 0 aromatic heterocycles. The second kappa shape index (κ2) is 8.02. The monoisotopic (exact) mass is 286 g/mol. The molecule has 21 heavy (non-hydrogen) atoms. The third-order valence-corrected chi connectivity index (χ3v) is 4.44. The van der Waals surface area contributed by atoms with Gasteiger partial charge in [0.15, 0.2) is 0 Å². The van der Waals surface area contributed by atoms with Gasteiger partial charge in [-0.25, -0.2) is 0 Å². The Hall–Kier alpha value is -1.57. The van der Waals surface area contributed by atoms with Crippen LogP contribution in [0.2, 0.25) is 0 Å². The Kier molecular flexibility index (Phi) is 6.04. The van der Waals surface area contributed by atoms with Gasteiger partial charge in [-0.15, -0.1) is 0 Å². The summed E-state index contributed by atoms with van der Waals surface area (Å²) in [5, 5.41) is 8.80. The highest BCUT2D eigenvalue weighted by Gasteiger charge is 2.20. The number of benzene rings is 1. The highest BCUT2D eigenvalue weighted by atomic mass is 16.4. The van der Waals surface area contributed by atoms with Crippen molar-refractivity contribution in [2.45, 2.75) is 57.8 Å². The zero-order chi connectivity index (χ0) is 15.1. The largest absolute Gasteiger partial charge is 0.481 e. The first-order valence-electron chi connectivity index (χ1n) is 8.16. The van der Waals surface area contributed by atoms with Crippen molar-refractivity contribution in [3.05, 3.63) is 47.5 Å². The normalized spacial score (nSPS) is 22.5. The van der Waals surface area contributed by atoms with E-state index in [0.29, 0.717) is 5.92 Å². The molecule has 0 unspecified atom stereocenters. The van der Waals surface area contributed by atoms with Crippen molar-refractivity contribution < 1.29 is 9.90 Å². The number of unbranched alkanes of at least 4 members (excludes halogenated alkanes) is 1. The van der Waals surface area contributed by atoms with E-state index in [2.05, 4.69) is 31.2 Å². The fourth-order valence-electron chi connectivity index (χ4n) is 3.18. The molecular weight excluding hydrogens is 260 g/mol. The lowest BCUT2D eigenvalue weighted by Crippen LogP contribution is -2.11. The Bertz CT molecular complexity index is 465. The molecule has 1 aromatic rings. The number of carboxylic acid groups (broad SMARTS) is 1. The molecule has 0 saturated heterocycles. The second-order valence-corrected chi connectivity index (χ2v) is 6.14. The van der Waals surface area contributed by atoms with Gasteiger partial charge in [-0.05, 0) is 55.1 Å². The number of hydrogen-bond donors (Lipinski definition) is 1. The van der Waals surface area contributed by atoms with Crippen molar-refractivity contribution in [3.8, 4) is 0 Å². The first-order valence-corrected chi connectivity index (χ1v) is 8.16. The third kappa shape index (κ3) is 5.04. The van der Waals surface area contributed by atoms with Gasteiger partial charge in [-0.3, -0.25) is 4.79 Å². The van der Waals surface area contributed by atoms with Crippen LogP contribution >= 0.6 is 0 Å². The molecular formula is C19H26O2. The van der Waals surface area contributed by atoms with Crippen molar-refractivity contribution in [1.29, 1.82) is 0 Å². The quantitative estimate of drug-likeness (QED) is 0.752. The summed E-state index contributed by atoms with van der Waals surface area (Å²) >= 11 is 0. The molecule has 1 aliphatic carbocycles. The van der Waals surface area contributed by atoms with E-state index in [1.165, 1.54) is 44.1 Å². The summed E-state index contributed by atoms with van der Waals surface area (Å²) in [6.45, 7) is 2.22. The van der Waals surface area contributed by atoms with Gasteiger partial charge in [0.25, 0.3) is 0 Å². The molecule has 0 amide bonds. The van der Waals surface area contributed by atoms with Crippen LogP contribution in [0, 0.1) is 5.92 Å². The SMILES string of the molecule is CCCC=C[C@H]1CC[C@H](c2ccc(CC(=O)O)cc2)CC1. The predicted molar refractivity (Wildman–Crippen MR) is 86.5 cm³/mol. The maximum atomic E-state index is 10.7. The van der Waals surface area contributed by atoms with Crippen molar-refractivity contribution in [2.75, 3.05) is 0 Å². The van der Waals surface area contributed by atoms with Gasteiger partial charge in [0.05, 0.1) is 6.42 Å². The predicted octanol–water partition coefficient (Wildman–Crippen LogP) is 4.94. The maximum Gasteiger partial charge on any atom is 0.307 e. The van der Waals surface area contributed by atoms with E-state index in [0.717, 1.165) is 11.5 Å². The average Bonchev–Trinajstić information content (AvgIpc) is 2.49. The maximum absolute atomic E-state index is 10.7. The lowest BCUT2D eigenvalue weighted by atomic mass is 9.78. The van der Waals surface area contributed by atoms with Crippen molar-refractivity contribution in [2.24, 2.45) is 5.92 Å². The molecule has 0 atom stereocenters. The molecule has 0 aliphatic heterocycles. The van der Waals surface area contributed by atoms with Crippen LogP contribution in [0.25, 0.3) is 0 Å². The summed E-state index contributed by atoms with van der Waals surface area (Å²) in [5.74, 6) is 0.654. The topological polar surface area (TPSA) is 37.3 Å². The van der Waals surface area contributed by atoms with Crippen LogP contribution in [0.4, 0.5) is 0 Å². The van der Waals surface area contributed by atoms with Crippen LogP contribution in [0.3, 0.4) is 0 Å². The molecule has 1 saturated carbocycles. The summed E-state index contributed by atoms with van der Waals surface area (Å²) in [6.07, 6.45) is 12.4. The van der Waals surface area contributed by atoms with Gasteiger partial charge < -0.3 is 5.11 Å². The standard InChI is InChI=1S/C19H26O2/c1-2-3-4-5-15-6-10-17(11-7-15)18-12-8-16(9-13-18)14-19(20)21/h4-5,8-9,12-13,15,17H,2-3,6-7,10-11,14H2,1H3,(H,20,21)/t15-,17-. The number of hydrogen-bond acceptors (Lipinski definition) is 1. The van der Waals surface area contributed by atoms with Gasteiger partial charge >= 0.3 is 5.97 Å². The van der Waals surface area contributed by atoms with E-state index in [4.69, 9.17) is 5.11 Å². The van der Waals surface area contributed by atoms with Crippen LogP contribution in [0.15, 0.2) is 36.4 Å². The lowest BCUT2D eigenvalue weighted by molar-refractivity contribution is -0.136. The van der Waals surface area contributed by atoms with E-state index in [9.17, 15) is 4.79 Å². The number of allylic oxidation sites excluding steroid dienone is 2. The van der Waals surface area contributed by atoms with E-state index in [1.807, 2.05) is 12.1 Å². The Balaban J connectivity index is 1.85. The zero-order valence-electron chi connectivity index (χ0n) is 12.9. The van der Waals surface area contributed by atoms with E-state index >= 15 is 0 Å². The molecule has 0 bridgehead atoms. The van der Waals surface area contributed by atoms with E-state index in [1.54, 1.807) is 0 Å². The summed E-state index contributed by atoms with van der Waals surface area (Å²) < 4.78 is 0.